The first-order valence-corrected chi connectivity index (χ1v) is 3.10. The molecule has 0 fully saturated rings. The highest BCUT2D eigenvalue weighted by molar-refractivity contribution is 5.86. The first-order chi connectivity index (χ1) is 4.72. The van der Waals surface area contributed by atoms with Gasteiger partial charge in [-0.2, -0.15) is 0 Å². The predicted molar refractivity (Wildman–Crippen MR) is 35.5 cm³/mol. The summed E-state index contributed by atoms with van der Waals surface area (Å²) in [6.45, 7) is 0.428. The van der Waals surface area contributed by atoms with Crippen LogP contribution < -0.4 is 5.73 Å². The summed E-state index contributed by atoms with van der Waals surface area (Å²) in [6.07, 6.45) is 1.36. The van der Waals surface area contributed by atoms with Gasteiger partial charge < -0.3 is 15.6 Å². The third-order valence-corrected chi connectivity index (χ3v) is 1.20. The Kier molecular flexibility index (Phi) is 4.49. The molecule has 3 N–H and O–H groups in total. The van der Waals surface area contributed by atoms with Gasteiger partial charge in [-0.05, 0) is 19.4 Å². The first kappa shape index (κ1) is 9.10. The van der Waals surface area contributed by atoms with Gasteiger partial charge in [-0.1, -0.05) is 0 Å². The molecule has 0 aromatic rings. The summed E-state index contributed by atoms with van der Waals surface area (Å²) < 4.78 is 0. The minimum absolute atomic E-state index is 0.343. The van der Waals surface area contributed by atoms with Crippen LogP contribution in [0.3, 0.4) is 0 Å². The Morgan fingerprint density at radius 2 is 2.30 bits per heavy atom. The van der Waals surface area contributed by atoms with Gasteiger partial charge in [-0.15, -0.1) is 0 Å². The Hall–Kier alpha value is -0.900. The third-order valence-electron chi connectivity index (χ3n) is 1.20. The van der Waals surface area contributed by atoms with Crippen molar-refractivity contribution in [1.82, 2.24) is 0 Å². The lowest BCUT2D eigenvalue weighted by molar-refractivity contribution is -0.143. The van der Waals surface area contributed by atoms with E-state index in [0.29, 0.717) is 25.7 Å². The van der Waals surface area contributed by atoms with E-state index in [1.54, 1.807) is 0 Å². The molecule has 10 heavy (non-hydrogen) atoms. The minimum Gasteiger partial charge on any atom is -0.481 e. The van der Waals surface area contributed by atoms with E-state index in [2.05, 4.69) is 0 Å². The van der Waals surface area contributed by atoms with Crippen LogP contribution in [0, 0.1) is 5.92 Å². The van der Waals surface area contributed by atoms with E-state index < -0.39 is 11.9 Å². The van der Waals surface area contributed by atoms with Crippen molar-refractivity contribution in [2.75, 3.05) is 6.54 Å². The summed E-state index contributed by atoms with van der Waals surface area (Å²) in [5, 5.41) is 8.33. The number of hydrogen-bond acceptors (Lipinski definition) is 3. The number of aldehydes is 1. The highest BCUT2D eigenvalue weighted by atomic mass is 16.4. The SMILES string of the molecule is NCCCC(C=O)C(=O)O. The molecule has 0 aliphatic rings. The van der Waals surface area contributed by atoms with Gasteiger partial charge in [0.15, 0.2) is 0 Å². The van der Waals surface area contributed by atoms with Crippen LogP contribution in [0.1, 0.15) is 12.8 Å². The molecule has 1 unspecified atom stereocenters. The molecule has 0 radical (unpaired) electrons. The number of rotatable bonds is 5. The smallest absolute Gasteiger partial charge is 0.313 e. The molecule has 0 bridgehead atoms. The van der Waals surface area contributed by atoms with Crippen LogP contribution in [0.2, 0.25) is 0 Å². The topological polar surface area (TPSA) is 80.4 Å². The van der Waals surface area contributed by atoms with E-state index in [1.165, 1.54) is 0 Å². The lowest BCUT2D eigenvalue weighted by atomic mass is 10.1. The quantitative estimate of drug-likeness (QED) is 0.408. The van der Waals surface area contributed by atoms with E-state index in [1.807, 2.05) is 0 Å². The molecule has 4 heteroatoms. The second-order valence-electron chi connectivity index (χ2n) is 2.01. The normalized spacial score (nSPS) is 12.5. The van der Waals surface area contributed by atoms with Crippen LogP contribution in [-0.4, -0.2) is 23.9 Å². The molecule has 1 atom stereocenters. The molecular weight excluding hydrogens is 134 g/mol. The zero-order valence-electron chi connectivity index (χ0n) is 5.62. The van der Waals surface area contributed by atoms with Gasteiger partial charge in [0.1, 0.15) is 12.2 Å². The van der Waals surface area contributed by atoms with Crippen LogP contribution in [0.15, 0.2) is 0 Å². The summed E-state index contributed by atoms with van der Waals surface area (Å²) in [5.74, 6) is -1.94. The van der Waals surface area contributed by atoms with Crippen molar-refractivity contribution >= 4 is 12.3 Å². The second-order valence-corrected chi connectivity index (χ2v) is 2.01. The van der Waals surface area contributed by atoms with Crippen molar-refractivity contribution in [3.8, 4) is 0 Å². The Morgan fingerprint density at radius 1 is 1.70 bits per heavy atom. The zero-order chi connectivity index (χ0) is 7.98. The van der Waals surface area contributed by atoms with Crippen molar-refractivity contribution in [2.45, 2.75) is 12.8 Å². The molecule has 0 saturated heterocycles. The van der Waals surface area contributed by atoms with Crippen molar-refractivity contribution in [1.29, 1.82) is 0 Å². The summed E-state index contributed by atoms with van der Waals surface area (Å²) in [5.41, 5.74) is 5.12. The van der Waals surface area contributed by atoms with E-state index in [0.717, 1.165) is 0 Å². The Morgan fingerprint density at radius 3 is 2.60 bits per heavy atom. The van der Waals surface area contributed by atoms with Crippen molar-refractivity contribution in [3.05, 3.63) is 0 Å². The number of nitrogens with two attached hydrogens (primary N) is 1. The van der Waals surface area contributed by atoms with E-state index >= 15 is 0 Å². The highest BCUT2D eigenvalue weighted by Crippen LogP contribution is 2.01. The Bertz CT molecular complexity index is 124. The fourth-order valence-corrected chi connectivity index (χ4v) is 0.587. The number of hydrogen-bond donors (Lipinski definition) is 2. The van der Waals surface area contributed by atoms with Crippen LogP contribution in [-0.2, 0) is 9.59 Å². The van der Waals surface area contributed by atoms with Crippen LogP contribution in [0.25, 0.3) is 0 Å². The van der Waals surface area contributed by atoms with Crippen molar-refractivity contribution in [3.63, 3.8) is 0 Å². The van der Waals surface area contributed by atoms with Crippen molar-refractivity contribution in [2.24, 2.45) is 11.7 Å². The van der Waals surface area contributed by atoms with Gasteiger partial charge >= 0.3 is 5.97 Å². The molecule has 4 nitrogen and oxygen atoms in total. The fraction of sp³-hybridized carbons (Fsp3) is 0.667. The zero-order valence-corrected chi connectivity index (χ0v) is 5.62. The fourth-order valence-electron chi connectivity index (χ4n) is 0.587. The second kappa shape index (κ2) is 4.93. The monoisotopic (exact) mass is 145 g/mol. The Balaban J connectivity index is 3.60. The summed E-state index contributed by atoms with van der Waals surface area (Å²) in [6, 6.07) is 0. The summed E-state index contributed by atoms with van der Waals surface area (Å²) in [7, 11) is 0. The molecule has 0 aliphatic heterocycles. The predicted octanol–water partition coefficient (Wildman–Crippen LogP) is -0.375. The lowest BCUT2D eigenvalue weighted by Crippen LogP contribution is -2.16. The average Bonchev–Trinajstić information content (AvgIpc) is 1.89. The molecule has 0 heterocycles. The van der Waals surface area contributed by atoms with Crippen molar-refractivity contribution < 1.29 is 14.7 Å². The lowest BCUT2D eigenvalue weighted by Gasteiger charge is -2.00. The van der Waals surface area contributed by atoms with Crippen LogP contribution in [0.5, 0.6) is 0 Å². The van der Waals surface area contributed by atoms with E-state index in [-0.39, 0.29) is 0 Å². The largest absolute Gasteiger partial charge is 0.481 e. The first-order valence-electron chi connectivity index (χ1n) is 3.10. The number of carbonyl (C=O) groups excluding carboxylic acids is 1. The van der Waals surface area contributed by atoms with Gasteiger partial charge in [-0.3, -0.25) is 4.79 Å². The number of carbonyl (C=O) groups is 2. The molecule has 0 aliphatic carbocycles. The number of aliphatic carboxylic acids is 1. The van der Waals surface area contributed by atoms with E-state index in [4.69, 9.17) is 10.8 Å². The minimum atomic E-state index is -1.07. The maximum atomic E-state index is 10.2. The molecule has 58 valence electrons. The average molecular weight is 145 g/mol. The van der Waals surface area contributed by atoms with Crippen LogP contribution in [0.4, 0.5) is 0 Å². The molecule has 0 rings (SSSR count). The molecule has 0 spiro atoms. The summed E-state index contributed by atoms with van der Waals surface area (Å²) >= 11 is 0. The maximum Gasteiger partial charge on any atom is 0.313 e. The van der Waals surface area contributed by atoms with Crippen LogP contribution >= 0.6 is 0 Å². The highest BCUT2D eigenvalue weighted by Gasteiger charge is 2.14. The molecule has 0 amide bonds. The van der Waals surface area contributed by atoms with Gasteiger partial charge in [-0.25, -0.2) is 0 Å². The van der Waals surface area contributed by atoms with E-state index in [9.17, 15) is 9.59 Å². The Labute approximate surface area is 59.0 Å². The van der Waals surface area contributed by atoms with Gasteiger partial charge in [0.05, 0.1) is 0 Å². The van der Waals surface area contributed by atoms with Gasteiger partial charge in [0.25, 0.3) is 0 Å². The summed E-state index contributed by atoms with van der Waals surface area (Å²) in [4.78, 5) is 20.2. The van der Waals surface area contributed by atoms with Gasteiger partial charge in [0.2, 0.25) is 0 Å². The third kappa shape index (κ3) is 3.19. The molecule has 0 aromatic heterocycles. The maximum absolute atomic E-state index is 10.2. The number of carboxylic acid groups (broad SMARTS) is 1. The van der Waals surface area contributed by atoms with Gasteiger partial charge in [0, 0.05) is 0 Å². The molecule has 0 saturated carbocycles. The molecule has 0 aromatic carbocycles. The standard InChI is InChI=1S/C6H11NO3/c7-3-1-2-5(4-8)6(9)10/h4-5H,1-3,7H2,(H,9,10). The molecular formula is C6H11NO3. The number of carboxylic acids is 1.